The molecular weight excluding hydrogens is 356 g/mol. The van der Waals surface area contributed by atoms with Crippen molar-refractivity contribution in [3.8, 4) is 22.8 Å². The van der Waals surface area contributed by atoms with Gasteiger partial charge in [0.2, 0.25) is 0 Å². The van der Waals surface area contributed by atoms with Crippen molar-refractivity contribution >= 4 is 15.7 Å². The van der Waals surface area contributed by atoms with E-state index < -0.39 is 10.0 Å². The number of sulfonamides is 1. The summed E-state index contributed by atoms with van der Waals surface area (Å²) in [5.74, 6) is 1.84. The first-order chi connectivity index (χ1) is 12.4. The molecule has 0 atom stereocenters. The van der Waals surface area contributed by atoms with Crippen molar-refractivity contribution in [1.82, 2.24) is 4.98 Å². The minimum absolute atomic E-state index is 0.00220. The zero-order valence-corrected chi connectivity index (χ0v) is 15.3. The second-order valence-electron chi connectivity index (χ2n) is 5.44. The predicted molar refractivity (Wildman–Crippen MR) is 97.0 cm³/mol. The van der Waals surface area contributed by atoms with Crippen molar-refractivity contribution in [2.24, 2.45) is 0 Å². The van der Waals surface area contributed by atoms with Crippen LogP contribution in [0, 0.1) is 6.92 Å². The van der Waals surface area contributed by atoms with Gasteiger partial charge < -0.3 is 13.9 Å². The maximum Gasteiger partial charge on any atom is 0.265 e. The maximum absolute atomic E-state index is 12.9. The van der Waals surface area contributed by atoms with Crippen LogP contribution in [0.3, 0.4) is 0 Å². The van der Waals surface area contributed by atoms with Gasteiger partial charge in [0.1, 0.15) is 16.4 Å². The summed E-state index contributed by atoms with van der Waals surface area (Å²) in [5.41, 5.74) is 0.996. The van der Waals surface area contributed by atoms with Crippen LogP contribution in [0.5, 0.6) is 11.5 Å². The van der Waals surface area contributed by atoms with E-state index in [9.17, 15) is 8.42 Å². The Hall–Kier alpha value is -3.00. The number of rotatable bonds is 6. The molecule has 1 N–H and O–H groups in total. The molecule has 8 heteroatoms. The molecule has 0 radical (unpaired) electrons. The Morgan fingerprint density at radius 3 is 2.35 bits per heavy atom. The van der Waals surface area contributed by atoms with Crippen molar-refractivity contribution in [3.63, 3.8) is 0 Å². The summed E-state index contributed by atoms with van der Waals surface area (Å²) in [6.45, 7) is 1.72. The van der Waals surface area contributed by atoms with Crippen LogP contribution >= 0.6 is 0 Å². The van der Waals surface area contributed by atoms with Crippen molar-refractivity contribution in [3.05, 3.63) is 54.6 Å². The monoisotopic (exact) mass is 374 g/mol. The fraction of sp³-hybridized carbons (Fsp3) is 0.167. The number of ether oxygens (including phenoxy) is 2. The maximum atomic E-state index is 12.9. The molecule has 0 aliphatic heterocycles. The summed E-state index contributed by atoms with van der Waals surface area (Å²) in [6.07, 6.45) is 1.55. The quantitative estimate of drug-likeness (QED) is 0.710. The van der Waals surface area contributed by atoms with E-state index in [1.165, 1.54) is 13.2 Å². The Morgan fingerprint density at radius 2 is 1.77 bits per heavy atom. The first-order valence-corrected chi connectivity index (χ1v) is 9.19. The SMILES string of the molecule is COc1ccc(NS(=O)(=O)c2cc(-c3cnc(C)o3)ccc2OC)cc1. The summed E-state index contributed by atoms with van der Waals surface area (Å²) in [6, 6.07) is 11.4. The average Bonchev–Trinajstić information content (AvgIpc) is 3.08. The highest BCUT2D eigenvalue weighted by Gasteiger charge is 2.21. The van der Waals surface area contributed by atoms with Gasteiger partial charge >= 0.3 is 0 Å². The van der Waals surface area contributed by atoms with Gasteiger partial charge in [0.05, 0.1) is 20.4 Å². The lowest BCUT2D eigenvalue weighted by Crippen LogP contribution is -2.14. The summed E-state index contributed by atoms with van der Waals surface area (Å²) >= 11 is 0. The molecule has 0 aliphatic carbocycles. The number of hydrogen-bond donors (Lipinski definition) is 1. The highest BCUT2D eigenvalue weighted by atomic mass is 32.2. The molecule has 1 heterocycles. The number of nitrogens with zero attached hydrogens (tertiary/aromatic N) is 1. The van der Waals surface area contributed by atoms with E-state index in [1.54, 1.807) is 56.6 Å². The van der Waals surface area contributed by atoms with Crippen LogP contribution in [0.2, 0.25) is 0 Å². The Kier molecular flexibility index (Phi) is 4.85. The van der Waals surface area contributed by atoms with Crippen LogP contribution in [0.4, 0.5) is 5.69 Å². The third-order valence-corrected chi connectivity index (χ3v) is 5.10. The zero-order valence-electron chi connectivity index (χ0n) is 14.5. The van der Waals surface area contributed by atoms with Gasteiger partial charge in [-0.2, -0.15) is 0 Å². The molecule has 0 amide bonds. The van der Waals surface area contributed by atoms with Gasteiger partial charge in [0.25, 0.3) is 10.0 Å². The lowest BCUT2D eigenvalue weighted by molar-refractivity contribution is 0.403. The van der Waals surface area contributed by atoms with Crippen LogP contribution in [-0.2, 0) is 10.0 Å². The van der Waals surface area contributed by atoms with Crippen molar-refractivity contribution in [2.75, 3.05) is 18.9 Å². The van der Waals surface area contributed by atoms with Crippen LogP contribution < -0.4 is 14.2 Å². The minimum atomic E-state index is -3.88. The van der Waals surface area contributed by atoms with Gasteiger partial charge in [-0.25, -0.2) is 13.4 Å². The summed E-state index contributed by atoms with van der Waals surface area (Å²) in [5, 5.41) is 0. The number of hydrogen-bond acceptors (Lipinski definition) is 6. The topological polar surface area (TPSA) is 90.7 Å². The molecule has 0 saturated heterocycles. The molecule has 3 aromatic rings. The summed E-state index contributed by atoms with van der Waals surface area (Å²) in [7, 11) is -0.918. The number of nitrogens with one attached hydrogen (secondary N) is 1. The molecule has 7 nitrogen and oxygen atoms in total. The Morgan fingerprint density at radius 1 is 1.04 bits per heavy atom. The summed E-state index contributed by atoms with van der Waals surface area (Å²) in [4.78, 5) is 4.04. The molecule has 0 spiro atoms. The number of benzene rings is 2. The largest absolute Gasteiger partial charge is 0.497 e. The Bertz CT molecular complexity index is 1010. The fourth-order valence-electron chi connectivity index (χ4n) is 2.40. The molecule has 0 saturated carbocycles. The number of aromatic nitrogens is 1. The second kappa shape index (κ2) is 7.09. The van der Waals surface area contributed by atoms with Gasteiger partial charge in [-0.3, -0.25) is 4.72 Å². The van der Waals surface area contributed by atoms with E-state index in [0.29, 0.717) is 28.7 Å². The second-order valence-corrected chi connectivity index (χ2v) is 7.09. The first-order valence-electron chi connectivity index (χ1n) is 7.70. The highest BCUT2D eigenvalue weighted by Crippen LogP contribution is 2.31. The van der Waals surface area contributed by atoms with Gasteiger partial charge in [-0.1, -0.05) is 0 Å². The average molecular weight is 374 g/mol. The molecule has 3 rings (SSSR count). The van der Waals surface area contributed by atoms with Crippen LogP contribution in [0.25, 0.3) is 11.3 Å². The van der Waals surface area contributed by atoms with Crippen molar-refractivity contribution in [2.45, 2.75) is 11.8 Å². The van der Waals surface area contributed by atoms with E-state index >= 15 is 0 Å². The predicted octanol–water partition coefficient (Wildman–Crippen LogP) is 3.47. The third-order valence-electron chi connectivity index (χ3n) is 3.70. The molecule has 26 heavy (non-hydrogen) atoms. The van der Waals surface area contributed by atoms with Crippen molar-refractivity contribution in [1.29, 1.82) is 0 Å². The van der Waals surface area contributed by atoms with E-state index in [1.807, 2.05) is 0 Å². The van der Waals surface area contributed by atoms with Gasteiger partial charge in [-0.05, 0) is 42.5 Å². The Labute approximate surface area is 151 Å². The highest BCUT2D eigenvalue weighted by molar-refractivity contribution is 7.92. The molecular formula is C18H18N2O5S. The van der Waals surface area contributed by atoms with Gasteiger partial charge in [-0.15, -0.1) is 0 Å². The molecule has 0 fully saturated rings. The van der Waals surface area contributed by atoms with E-state index in [-0.39, 0.29) is 10.6 Å². The lowest BCUT2D eigenvalue weighted by Gasteiger charge is -2.13. The number of oxazole rings is 1. The van der Waals surface area contributed by atoms with E-state index in [2.05, 4.69) is 9.71 Å². The fourth-order valence-corrected chi connectivity index (χ4v) is 3.66. The van der Waals surface area contributed by atoms with Gasteiger partial charge in [0.15, 0.2) is 11.7 Å². The number of aryl methyl sites for hydroxylation is 1. The first kappa shape index (κ1) is 17.8. The molecule has 2 aromatic carbocycles. The van der Waals surface area contributed by atoms with Gasteiger partial charge in [0, 0.05) is 18.2 Å². The van der Waals surface area contributed by atoms with Crippen LogP contribution in [0.1, 0.15) is 5.89 Å². The molecule has 0 bridgehead atoms. The standard InChI is InChI=1S/C18H18N2O5S/c1-12-19-11-17(25-12)13-4-9-16(24-3)18(10-13)26(21,22)20-14-5-7-15(23-2)8-6-14/h4-11,20H,1-3H3. The molecule has 1 aromatic heterocycles. The Balaban J connectivity index is 1.99. The summed E-state index contributed by atoms with van der Waals surface area (Å²) < 4.78 is 44.0. The number of anilines is 1. The zero-order chi connectivity index (χ0) is 18.7. The minimum Gasteiger partial charge on any atom is -0.497 e. The van der Waals surface area contributed by atoms with Crippen molar-refractivity contribution < 1.29 is 22.3 Å². The van der Waals surface area contributed by atoms with Crippen LogP contribution in [-0.4, -0.2) is 27.6 Å². The lowest BCUT2D eigenvalue weighted by atomic mass is 10.2. The number of methoxy groups -OCH3 is 2. The molecule has 136 valence electrons. The molecule has 0 aliphatic rings. The van der Waals surface area contributed by atoms with Crippen LogP contribution in [0.15, 0.2) is 58.0 Å². The third kappa shape index (κ3) is 3.65. The normalized spacial score (nSPS) is 11.2. The van der Waals surface area contributed by atoms with E-state index in [4.69, 9.17) is 13.9 Å². The smallest absolute Gasteiger partial charge is 0.265 e. The van der Waals surface area contributed by atoms with E-state index in [0.717, 1.165) is 0 Å². The molecule has 0 unspecified atom stereocenters.